The minimum atomic E-state index is -3.68. The molecule has 0 spiro atoms. The largest absolute Gasteiger partial charge is 0.338 e. The van der Waals surface area contributed by atoms with Crippen LogP contribution < -0.4 is 0 Å². The third kappa shape index (κ3) is 4.45. The summed E-state index contributed by atoms with van der Waals surface area (Å²) in [5, 5.41) is -0.00692. The number of likely N-dealkylation sites (tertiary alicyclic amines) is 2. The van der Waals surface area contributed by atoms with Gasteiger partial charge in [-0.1, -0.05) is 11.6 Å². The fourth-order valence-corrected chi connectivity index (χ4v) is 6.76. The topological polar surface area (TPSA) is 73.8 Å². The zero-order valence-corrected chi connectivity index (χ0v) is 18.2. The Hall–Kier alpha value is -1.22. The Kier molecular flexibility index (Phi) is 6.44. The minimum absolute atomic E-state index is 0.00692. The number of carbonyl (C=O) groups excluding carboxylic acids is 1. The molecule has 0 aliphatic carbocycles. The highest BCUT2D eigenvalue weighted by molar-refractivity contribution is 7.89. The monoisotopic (exact) mass is 440 g/mol. The van der Waals surface area contributed by atoms with E-state index in [0.717, 1.165) is 39.0 Å². The Labute approximate surface area is 178 Å². The van der Waals surface area contributed by atoms with E-state index in [0.29, 0.717) is 32.0 Å². The number of rotatable bonds is 5. The molecule has 3 aliphatic heterocycles. The van der Waals surface area contributed by atoms with Gasteiger partial charge in [-0.3, -0.25) is 4.79 Å². The molecule has 0 saturated carbocycles. The van der Waals surface area contributed by atoms with Crippen LogP contribution in [0.15, 0.2) is 23.2 Å². The van der Waals surface area contributed by atoms with Crippen LogP contribution in [-0.2, 0) is 14.8 Å². The molecular formula is C20H29ClN4O3S. The highest BCUT2D eigenvalue weighted by Gasteiger charge is 2.38. The summed E-state index contributed by atoms with van der Waals surface area (Å²) >= 11 is 6.00. The van der Waals surface area contributed by atoms with E-state index in [4.69, 9.17) is 11.6 Å². The van der Waals surface area contributed by atoms with Gasteiger partial charge in [-0.05, 0) is 63.7 Å². The smallest absolute Gasteiger partial charge is 0.246 e. The van der Waals surface area contributed by atoms with Crippen molar-refractivity contribution in [1.29, 1.82) is 0 Å². The highest BCUT2D eigenvalue weighted by Crippen LogP contribution is 2.30. The lowest BCUT2D eigenvalue weighted by Crippen LogP contribution is -2.48. The van der Waals surface area contributed by atoms with Gasteiger partial charge < -0.3 is 9.80 Å². The van der Waals surface area contributed by atoms with Crippen LogP contribution in [-0.4, -0.2) is 78.7 Å². The lowest BCUT2D eigenvalue weighted by molar-refractivity contribution is -0.137. The normalized spacial score (nSPS) is 25.0. The van der Waals surface area contributed by atoms with Gasteiger partial charge in [-0.2, -0.15) is 4.31 Å². The molecule has 0 aromatic carbocycles. The van der Waals surface area contributed by atoms with Crippen molar-refractivity contribution in [2.24, 2.45) is 5.92 Å². The lowest BCUT2D eigenvalue weighted by Gasteiger charge is -2.35. The SMILES string of the molecule is O=C(C1CCN(S(=O)(=O)c2cccnc2Cl)CC1)N1CCCC1CN1CCCC1. The van der Waals surface area contributed by atoms with Gasteiger partial charge in [0.15, 0.2) is 0 Å². The quantitative estimate of drug-likeness (QED) is 0.656. The highest BCUT2D eigenvalue weighted by atomic mass is 35.5. The molecule has 0 bridgehead atoms. The van der Waals surface area contributed by atoms with Crippen LogP contribution in [0.5, 0.6) is 0 Å². The maximum atomic E-state index is 13.2. The van der Waals surface area contributed by atoms with Gasteiger partial charge in [-0.25, -0.2) is 13.4 Å². The third-order valence-electron chi connectivity index (χ3n) is 6.47. The van der Waals surface area contributed by atoms with E-state index in [-0.39, 0.29) is 21.9 Å². The Bertz CT molecular complexity index is 836. The number of aromatic nitrogens is 1. The maximum absolute atomic E-state index is 13.2. The second-order valence-corrected chi connectivity index (χ2v) is 10.6. The predicted molar refractivity (Wildman–Crippen MR) is 111 cm³/mol. The van der Waals surface area contributed by atoms with E-state index in [9.17, 15) is 13.2 Å². The molecule has 4 rings (SSSR count). The van der Waals surface area contributed by atoms with Crippen LogP contribution in [0.4, 0.5) is 0 Å². The van der Waals surface area contributed by atoms with E-state index in [1.54, 1.807) is 6.07 Å². The molecule has 9 heteroatoms. The molecule has 3 fully saturated rings. The summed E-state index contributed by atoms with van der Waals surface area (Å²) in [6, 6.07) is 3.37. The number of amides is 1. The second-order valence-electron chi connectivity index (χ2n) is 8.31. The first-order valence-corrected chi connectivity index (χ1v) is 12.4. The number of pyridine rings is 1. The van der Waals surface area contributed by atoms with Crippen molar-refractivity contribution in [3.63, 3.8) is 0 Å². The molecule has 7 nitrogen and oxygen atoms in total. The first-order chi connectivity index (χ1) is 14.0. The summed E-state index contributed by atoms with van der Waals surface area (Å²) in [6.07, 6.45) is 7.25. The van der Waals surface area contributed by atoms with Crippen molar-refractivity contribution in [2.75, 3.05) is 39.3 Å². The average Bonchev–Trinajstić information content (AvgIpc) is 3.40. The fourth-order valence-electron chi connectivity index (χ4n) is 4.86. The number of hydrogen-bond acceptors (Lipinski definition) is 5. The summed E-state index contributed by atoms with van der Waals surface area (Å²) in [5.74, 6) is 0.119. The number of carbonyl (C=O) groups is 1. The molecule has 0 radical (unpaired) electrons. The van der Waals surface area contributed by atoms with E-state index < -0.39 is 10.0 Å². The van der Waals surface area contributed by atoms with Gasteiger partial charge in [0.05, 0.1) is 0 Å². The van der Waals surface area contributed by atoms with Crippen molar-refractivity contribution in [3.05, 3.63) is 23.5 Å². The van der Waals surface area contributed by atoms with E-state index in [1.807, 2.05) is 0 Å². The number of piperidine rings is 1. The molecule has 1 unspecified atom stereocenters. The van der Waals surface area contributed by atoms with Gasteiger partial charge in [-0.15, -0.1) is 0 Å². The van der Waals surface area contributed by atoms with E-state index >= 15 is 0 Å². The number of nitrogens with zero attached hydrogens (tertiary/aromatic N) is 4. The minimum Gasteiger partial charge on any atom is -0.338 e. The summed E-state index contributed by atoms with van der Waals surface area (Å²) < 4.78 is 27.2. The first kappa shape index (κ1) is 21.0. The van der Waals surface area contributed by atoms with Crippen LogP contribution in [0.3, 0.4) is 0 Å². The van der Waals surface area contributed by atoms with Gasteiger partial charge >= 0.3 is 0 Å². The van der Waals surface area contributed by atoms with Crippen molar-refractivity contribution in [2.45, 2.75) is 49.5 Å². The van der Waals surface area contributed by atoms with Crippen molar-refractivity contribution in [1.82, 2.24) is 19.1 Å². The summed E-state index contributed by atoms with van der Waals surface area (Å²) in [6.45, 7) is 4.79. The van der Waals surface area contributed by atoms with Gasteiger partial charge in [0.25, 0.3) is 0 Å². The number of hydrogen-bond donors (Lipinski definition) is 0. The zero-order chi connectivity index (χ0) is 20.4. The Morgan fingerprint density at radius 1 is 1.07 bits per heavy atom. The lowest BCUT2D eigenvalue weighted by atomic mass is 9.96. The Balaban J connectivity index is 1.36. The molecule has 1 amide bonds. The summed E-state index contributed by atoms with van der Waals surface area (Å²) in [7, 11) is -3.68. The molecule has 4 heterocycles. The standard InChI is InChI=1S/C20H29ClN4O3S/c21-19-18(6-3-9-22-19)29(27,28)24-13-7-16(8-14-24)20(26)25-12-4-5-17(25)15-23-10-1-2-11-23/h3,6,9,16-17H,1-2,4-5,7-8,10-15H2. The van der Waals surface area contributed by atoms with Crippen LogP contribution in [0.1, 0.15) is 38.5 Å². The van der Waals surface area contributed by atoms with Crippen molar-refractivity contribution >= 4 is 27.5 Å². The Morgan fingerprint density at radius 3 is 2.48 bits per heavy atom. The molecule has 1 aromatic rings. The molecular weight excluding hydrogens is 412 g/mol. The van der Waals surface area contributed by atoms with Crippen molar-refractivity contribution in [3.8, 4) is 0 Å². The predicted octanol–water partition coefficient (Wildman–Crippen LogP) is 2.22. The molecule has 0 N–H and O–H groups in total. The van der Waals surface area contributed by atoms with Crippen LogP contribution in [0, 0.1) is 5.92 Å². The summed E-state index contributed by atoms with van der Waals surface area (Å²) in [4.78, 5) is 21.6. The molecule has 3 aliphatic rings. The molecule has 3 saturated heterocycles. The first-order valence-electron chi connectivity index (χ1n) is 10.6. The molecule has 160 valence electrons. The van der Waals surface area contributed by atoms with E-state index in [1.165, 1.54) is 29.4 Å². The number of sulfonamides is 1. The van der Waals surface area contributed by atoms with Crippen LogP contribution in [0.25, 0.3) is 0 Å². The average molecular weight is 441 g/mol. The van der Waals surface area contributed by atoms with E-state index in [2.05, 4.69) is 14.8 Å². The Morgan fingerprint density at radius 2 is 1.79 bits per heavy atom. The molecule has 29 heavy (non-hydrogen) atoms. The number of halogens is 1. The van der Waals surface area contributed by atoms with Gasteiger partial charge in [0, 0.05) is 44.3 Å². The molecule has 1 aromatic heterocycles. The summed E-state index contributed by atoms with van der Waals surface area (Å²) in [5.41, 5.74) is 0. The second kappa shape index (κ2) is 8.88. The van der Waals surface area contributed by atoms with Crippen molar-refractivity contribution < 1.29 is 13.2 Å². The third-order valence-corrected chi connectivity index (χ3v) is 8.82. The van der Waals surface area contributed by atoms with Gasteiger partial charge in [0.1, 0.15) is 10.0 Å². The fraction of sp³-hybridized carbons (Fsp3) is 0.700. The van der Waals surface area contributed by atoms with Gasteiger partial charge in [0.2, 0.25) is 15.9 Å². The molecule has 1 atom stereocenters. The zero-order valence-electron chi connectivity index (χ0n) is 16.7. The van der Waals surface area contributed by atoms with Crippen LogP contribution >= 0.6 is 11.6 Å². The van der Waals surface area contributed by atoms with Crippen LogP contribution in [0.2, 0.25) is 5.15 Å². The maximum Gasteiger partial charge on any atom is 0.246 e.